The van der Waals surface area contributed by atoms with E-state index in [1.807, 2.05) is 6.92 Å². The molecular formula is C16H14ClN3O4. The summed E-state index contributed by atoms with van der Waals surface area (Å²) in [7, 11) is 0. The molecule has 0 radical (unpaired) electrons. The number of nitro groups is 1. The zero-order valence-electron chi connectivity index (χ0n) is 12.7. The van der Waals surface area contributed by atoms with Gasteiger partial charge in [0.25, 0.3) is 11.6 Å². The van der Waals surface area contributed by atoms with E-state index in [2.05, 4.69) is 10.5 Å². The molecular weight excluding hydrogens is 334 g/mol. The van der Waals surface area contributed by atoms with Crippen LogP contribution in [0.4, 0.5) is 5.69 Å². The number of aryl methyl sites for hydroxylation is 1. The van der Waals surface area contributed by atoms with E-state index in [4.69, 9.17) is 16.3 Å². The maximum atomic E-state index is 11.6. The lowest BCUT2D eigenvalue weighted by Gasteiger charge is -2.06. The van der Waals surface area contributed by atoms with Crippen LogP contribution in [0.3, 0.4) is 0 Å². The number of carbonyl (C=O) groups is 1. The second-order valence-electron chi connectivity index (χ2n) is 4.84. The Kier molecular flexibility index (Phi) is 5.86. The van der Waals surface area contributed by atoms with E-state index in [0.29, 0.717) is 16.3 Å². The summed E-state index contributed by atoms with van der Waals surface area (Å²) in [4.78, 5) is 21.8. The molecule has 1 amide bonds. The van der Waals surface area contributed by atoms with Crippen LogP contribution in [-0.2, 0) is 4.79 Å². The molecule has 7 nitrogen and oxygen atoms in total. The van der Waals surface area contributed by atoms with Crippen molar-refractivity contribution in [1.82, 2.24) is 5.43 Å². The number of halogens is 1. The Morgan fingerprint density at radius 1 is 1.38 bits per heavy atom. The van der Waals surface area contributed by atoms with Crippen LogP contribution in [0.25, 0.3) is 0 Å². The first-order chi connectivity index (χ1) is 11.5. The Bertz CT molecular complexity index is 793. The van der Waals surface area contributed by atoms with Crippen molar-refractivity contribution in [3.8, 4) is 5.75 Å². The highest BCUT2D eigenvalue weighted by Gasteiger charge is 2.05. The molecule has 0 spiro atoms. The number of amides is 1. The van der Waals surface area contributed by atoms with Crippen LogP contribution in [0.5, 0.6) is 5.75 Å². The van der Waals surface area contributed by atoms with Crippen molar-refractivity contribution in [3.05, 3.63) is 68.7 Å². The summed E-state index contributed by atoms with van der Waals surface area (Å²) in [5.41, 5.74) is 3.58. The number of nitrogens with one attached hydrogen (secondary N) is 1. The summed E-state index contributed by atoms with van der Waals surface area (Å²) in [5, 5.41) is 15.0. The second-order valence-corrected chi connectivity index (χ2v) is 5.25. The lowest BCUT2D eigenvalue weighted by Crippen LogP contribution is -2.24. The van der Waals surface area contributed by atoms with Gasteiger partial charge in [0, 0.05) is 22.7 Å². The maximum absolute atomic E-state index is 11.6. The summed E-state index contributed by atoms with van der Waals surface area (Å²) in [6.07, 6.45) is 1.32. The van der Waals surface area contributed by atoms with Crippen molar-refractivity contribution in [1.29, 1.82) is 0 Å². The molecule has 8 heteroatoms. The topological polar surface area (TPSA) is 93.8 Å². The molecule has 0 saturated heterocycles. The summed E-state index contributed by atoms with van der Waals surface area (Å²) in [5.74, 6) is 0.0685. The zero-order valence-corrected chi connectivity index (χ0v) is 13.5. The fraction of sp³-hybridized carbons (Fsp3) is 0.125. The SMILES string of the molecule is Cc1cc(OCC(=O)N/N=C/c2cccc([N+](=O)[O-])c2)ccc1Cl. The Morgan fingerprint density at radius 3 is 2.88 bits per heavy atom. The van der Waals surface area contributed by atoms with Gasteiger partial charge in [0.05, 0.1) is 11.1 Å². The predicted molar refractivity (Wildman–Crippen MR) is 90.5 cm³/mol. The molecule has 24 heavy (non-hydrogen) atoms. The first-order valence-electron chi connectivity index (χ1n) is 6.91. The van der Waals surface area contributed by atoms with E-state index in [0.717, 1.165) is 5.56 Å². The van der Waals surface area contributed by atoms with Crippen molar-refractivity contribution in [3.63, 3.8) is 0 Å². The molecule has 0 aliphatic carbocycles. The Balaban J connectivity index is 1.85. The number of carbonyl (C=O) groups excluding carboxylic acids is 1. The average Bonchev–Trinajstić information content (AvgIpc) is 2.56. The van der Waals surface area contributed by atoms with Gasteiger partial charge in [-0.15, -0.1) is 0 Å². The van der Waals surface area contributed by atoms with Gasteiger partial charge in [-0.2, -0.15) is 5.10 Å². The third kappa shape index (κ3) is 5.06. The first-order valence-corrected chi connectivity index (χ1v) is 7.29. The van der Waals surface area contributed by atoms with Crippen molar-refractivity contribution in [2.75, 3.05) is 6.61 Å². The lowest BCUT2D eigenvalue weighted by molar-refractivity contribution is -0.384. The van der Waals surface area contributed by atoms with E-state index < -0.39 is 10.8 Å². The van der Waals surface area contributed by atoms with Gasteiger partial charge in [0.15, 0.2) is 6.61 Å². The first kappa shape index (κ1) is 17.4. The van der Waals surface area contributed by atoms with Crippen molar-refractivity contribution >= 4 is 29.4 Å². The number of benzene rings is 2. The highest BCUT2D eigenvalue weighted by molar-refractivity contribution is 6.31. The van der Waals surface area contributed by atoms with Crippen LogP contribution < -0.4 is 10.2 Å². The average molecular weight is 348 g/mol. The third-order valence-electron chi connectivity index (χ3n) is 2.98. The second kappa shape index (κ2) is 8.07. The van der Waals surface area contributed by atoms with E-state index in [1.165, 1.54) is 24.4 Å². The lowest BCUT2D eigenvalue weighted by atomic mass is 10.2. The molecule has 0 aliphatic heterocycles. The number of hydrazone groups is 1. The van der Waals surface area contributed by atoms with Crippen LogP contribution in [0.1, 0.15) is 11.1 Å². The van der Waals surface area contributed by atoms with Crippen LogP contribution in [0.15, 0.2) is 47.6 Å². The summed E-state index contributed by atoms with van der Waals surface area (Å²) < 4.78 is 5.32. The summed E-state index contributed by atoms with van der Waals surface area (Å²) in [6, 6.07) is 11.0. The van der Waals surface area contributed by atoms with Gasteiger partial charge in [-0.05, 0) is 30.7 Å². The number of nitro benzene ring substituents is 1. The van der Waals surface area contributed by atoms with Crippen molar-refractivity contribution in [2.24, 2.45) is 5.10 Å². The van der Waals surface area contributed by atoms with E-state index in [9.17, 15) is 14.9 Å². The van der Waals surface area contributed by atoms with Crippen LogP contribution in [0.2, 0.25) is 5.02 Å². The number of non-ortho nitro benzene ring substituents is 1. The minimum Gasteiger partial charge on any atom is -0.484 e. The maximum Gasteiger partial charge on any atom is 0.277 e. The van der Waals surface area contributed by atoms with Gasteiger partial charge in [-0.1, -0.05) is 23.7 Å². The molecule has 2 aromatic carbocycles. The number of hydrogen-bond acceptors (Lipinski definition) is 5. The third-order valence-corrected chi connectivity index (χ3v) is 3.41. The van der Waals surface area contributed by atoms with Gasteiger partial charge >= 0.3 is 0 Å². The largest absolute Gasteiger partial charge is 0.484 e. The normalized spacial score (nSPS) is 10.6. The molecule has 124 valence electrons. The quantitative estimate of drug-likeness (QED) is 0.493. The van der Waals surface area contributed by atoms with Gasteiger partial charge in [0.2, 0.25) is 0 Å². The Morgan fingerprint density at radius 2 is 2.17 bits per heavy atom. The molecule has 0 bridgehead atoms. The van der Waals surface area contributed by atoms with E-state index in [-0.39, 0.29) is 12.3 Å². The van der Waals surface area contributed by atoms with Gasteiger partial charge in [-0.3, -0.25) is 14.9 Å². The van der Waals surface area contributed by atoms with Crippen molar-refractivity contribution < 1.29 is 14.5 Å². The molecule has 0 aliphatic rings. The highest BCUT2D eigenvalue weighted by atomic mass is 35.5. The molecule has 0 aromatic heterocycles. The molecule has 0 atom stereocenters. The predicted octanol–water partition coefficient (Wildman–Crippen LogP) is 3.09. The fourth-order valence-electron chi connectivity index (χ4n) is 1.79. The minimum atomic E-state index is -0.502. The molecule has 0 saturated carbocycles. The monoisotopic (exact) mass is 347 g/mol. The molecule has 2 aromatic rings. The number of hydrogen-bond donors (Lipinski definition) is 1. The minimum absolute atomic E-state index is 0.0493. The number of rotatable bonds is 6. The highest BCUT2D eigenvalue weighted by Crippen LogP contribution is 2.20. The van der Waals surface area contributed by atoms with Crippen LogP contribution in [-0.4, -0.2) is 23.7 Å². The van der Waals surface area contributed by atoms with Crippen LogP contribution >= 0.6 is 11.6 Å². The molecule has 0 fully saturated rings. The van der Waals surface area contributed by atoms with Gasteiger partial charge in [0.1, 0.15) is 5.75 Å². The van der Waals surface area contributed by atoms with E-state index in [1.54, 1.807) is 24.3 Å². The Hall–Kier alpha value is -2.93. The summed E-state index contributed by atoms with van der Waals surface area (Å²) in [6.45, 7) is 1.62. The smallest absolute Gasteiger partial charge is 0.277 e. The van der Waals surface area contributed by atoms with E-state index >= 15 is 0 Å². The summed E-state index contributed by atoms with van der Waals surface area (Å²) >= 11 is 5.90. The Labute approximate surface area is 143 Å². The zero-order chi connectivity index (χ0) is 17.5. The van der Waals surface area contributed by atoms with Crippen molar-refractivity contribution in [2.45, 2.75) is 6.92 Å². The van der Waals surface area contributed by atoms with Crippen LogP contribution in [0, 0.1) is 17.0 Å². The standard InChI is InChI=1S/C16H14ClN3O4/c1-11-7-14(5-6-15(11)17)24-10-16(21)19-18-9-12-3-2-4-13(8-12)20(22)23/h2-9H,10H2,1H3,(H,19,21)/b18-9+. The van der Waals surface area contributed by atoms with Gasteiger partial charge in [-0.25, -0.2) is 5.43 Å². The number of nitrogens with zero attached hydrogens (tertiary/aromatic N) is 2. The van der Waals surface area contributed by atoms with Gasteiger partial charge < -0.3 is 4.74 Å². The fourth-order valence-corrected chi connectivity index (χ4v) is 1.90. The molecule has 0 heterocycles. The molecule has 1 N–H and O–H groups in total. The number of ether oxygens (including phenoxy) is 1. The molecule has 2 rings (SSSR count). The molecule has 0 unspecified atom stereocenters.